The van der Waals surface area contributed by atoms with Crippen LogP contribution < -0.4 is 10.6 Å². The van der Waals surface area contributed by atoms with E-state index in [2.05, 4.69) is 10.6 Å². The van der Waals surface area contributed by atoms with E-state index in [1.165, 1.54) is 36.6 Å². The van der Waals surface area contributed by atoms with Gasteiger partial charge in [0.05, 0.1) is 6.26 Å². The van der Waals surface area contributed by atoms with Gasteiger partial charge in [0.1, 0.15) is 11.6 Å². The van der Waals surface area contributed by atoms with Gasteiger partial charge in [0.25, 0.3) is 0 Å². The Hall–Kier alpha value is -3.62. The second kappa shape index (κ2) is 10.2. The number of rotatable bonds is 6. The van der Waals surface area contributed by atoms with E-state index in [-0.39, 0.29) is 36.6 Å². The first-order chi connectivity index (χ1) is 14.5. The average Bonchev–Trinajstić information content (AvgIpc) is 3.27. The SMILES string of the molecule is O=C(/C=C/c1ccco1)NCCC(=O)N1CCN(C(=O)Nc2ccc(F)cc2)CC1. The van der Waals surface area contributed by atoms with Gasteiger partial charge in [-0.25, -0.2) is 9.18 Å². The number of urea groups is 1. The minimum Gasteiger partial charge on any atom is -0.465 e. The summed E-state index contributed by atoms with van der Waals surface area (Å²) in [6, 6.07) is 8.70. The van der Waals surface area contributed by atoms with Gasteiger partial charge < -0.3 is 24.9 Å². The van der Waals surface area contributed by atoms with Gasteiger partial charge in [0.2, 0.25) is 11.8 Å². The van der Waals surface area contributed by atoms with Gasteiger partial charge in [-0.2, -0.15) is 0 Å². The van der Waals surface area contributed by atoms with Crippen molar-refractivity contribution < 1.29 is 23.2 Å². The average molecular weight is 414 g/mol. The Kier molecular flexibility index (Phi) is 7.20. The summed E-state index contributed by atoms with van der Waals surface area (Å²) in [5.74, 6) is -0.183. The number of carbonyl (C=O) groups is 3. The number of nitrogens with one attached hydrogen (secondary N) is 2. The van der Waals surface area contributed by atoms with Crippen LogP contribution in [0.3, 0.4) is 0 Å². The lowest BCUT2D eigenvalue weighted by molar-refractivity contribution is -0.132. The molecule has 0 spiro atoms. The lowest BCUT2D eigenvalue weighted by Gasteiger charge is -2.34. The summed E-state index contributed by atoms with van der Waals surface area (Å²) >= 11 is 0. The van der Waals surface area contributed by atoms with Gasteiger partial charge >= 0.3 is 6.03 Å². The van der Waals surface area contributed by atoms with Crippen LogP contribution in [0.2, 0.25) is 0 Å². The zero-order chi connectivity index (χ0) is 21.3. The van der Waals surface area contributed by atoms with Crippen LogP contribution in [0.15, 0.2) is 53.2 Å². The molecule has 30 heavy (non-hydrogen) atoms. The maximum atomic E-state index is 12.9. The molecule has 2 heterocycles. The molecule has 8 nitrogen and oxygen atoms in total. The number of halogens is 1. The quantitative estimate of drug-likeness (QED) is 0.710. The lowest BCUT2D eigenvalue weighted by atomic mass is 10.2. The van der Waals surface area contributed by atoms with E-state index >= 15 is 0 Å². The monoisotopic (exact) mass is 414 g/mol. The van der Waals surface area contributed by atoms with Crippen LogP contribution in [0.25, 0.3) is 6.08 Å². The van der Waals surface area contributed by atoms with Crippen molar-refractivity contribution >= 4 is 29.6 Å². The van der Waals surface area contributed by atoms with Crippen molar-refractivity contribution in [3.63, 3.8) is 0 Å². The number of amides is 4. The first-order valence-electron chi connectivity index (χ1n) is 9.60. The highest BCUT2D eigenvalue weighted by Gasteiger charge is 2.24. The van der Waals surface area contributed by atoms with Crippen LogP contribution in [0.4, 0.5) is 14.9 Å². The molecule has 0 aliphatic carbocycles. The summed E-state index contributed by atoms with van der Waals surface area (Å²) < 4.78 is 18.0. The smallest absolute Gasteiger partial charge is 0.321 e. The molecule has 4 amide bonds. The van der Waals surface area contributed by atoms with E-state index in [0.717, 1.165) is 0 Å². The van der Waals surface area contributed by atoms with E-state index in [0.29, 0.717) is 37.6 Å². The Bertz CT molecular complexity index is 888. The minimum absolute atomic E-state index is 0.0797. The zero-order valence-electron chi connectivity index (χ0n) is 16.3. The standard InChI is InChI=1S/C21H23FN4O4/c22-16-3-5-17(6-4-16)24-21(29)26-13-11-25(12-14-26)20(28)9-10-23-19(27)8-7-18-2-1-15-30-18/h1-8,15H,9-14H2,(H,23,27)(H,24,29)/b8-7+. The Balaban J connectivity index is 1.35. The number of anilines is 1. The zero-order valence-corrected chi connectivity index (χ0v) is 16.3. The summed E-state index contributed by atoms with van der Waals surface area (Å²) in [6.07, 6.45) is 4.60. The third kappa shape index (κ3) is 6.20. The Labute approximate surface area is 173 Å². The van der Waals surface area contributed by atoms with E-state index in [1.807, 2.05) is 0 Å². The molecule has 0 unspecified atom stereocenters. The Morgan fingerprint density at radius 1 is 1.03 bits per heavy atom. The summed E-state index contributed by atoms with van der Waals surface area (Å²) in [5, 5.41) is 5.37. The lowest BCUT2D eigenvalue weighted by Crippen LogP contribution is -2.52. The molecule has 0 saturated carbocycles. The number of piperazine rings is 1. The van der Waals surface area contributed by atoms with Crippen molar-refractivity contribution in [3.05, 3.63) is 60.3 Å². The van der Waals surface area contributed by atoms with E-state index in [9.17, 15) is 18.8 Å². The second-order valence-corrected chi connectivity index (χ2v) is 6.69. The van der Waals surface area contributed by atoms with Crippen molar-refractivity contribution in [2.45, 2.75) is 6.42 Å². The van der Waals surface area contributed by atoms with Gasteiger partial charge in [-0.15, -0.1) is 0 Å². The summed E-state index contributed by atoms with van der Waals surface area (Å²) in [7, 11) is 0. The number of hydrogen-bond acceptors (Lipinski definition) is 4. The van der Waals surface area contributed by atoms with Crippen molar-refractivity contribution in [2.24, 2.45) is 0 Å². The molecule has 158 valence electrons. The molecule has 1 aromatic carbocycles. The first kappa shape index (κ1) is 21.1. The van der Waals surface area contributed by atoms with Crippen LogP contribution in [0.1, 0.15) is 12.2 Å². The highest BCUT2D eigenvalue weighted by atomic mass is 19.1. The predicted molar refractivity (Wildman–Crippen MR) is 109 cm³/mol. The maximum absolute atomic E-state index is 12.9. The summed E-state index contributed by atoms with van der Waals surface area (Å²) in [4.78, 5) is 39.6. The molecule has 1 aromatic heterocycles. The van der Waals surface area contributed by atoms with Crippen LogP contribution >= 0.6 is 0 Å². The molecule has 1 saturated heterocycles. The van der Waals surface area contributed by atoms with Gasteiger partial charge in [-0.3, -0.25) is 9.59 Å². The Morgan fingerprint density at radius 2 is 1.73 bits per heavy atom. The van der Waals surface area contributed by atoms with E-state index < -0.39 is 0 Å². The van der Waals surface area contributed by atoms with Crippen LogP contribution in [0.5, 0.6) is 0 Å². The van der Waals surface area contributed by atoms with Crippen LogP contribution in [-0.4, -0.2) is 60.4 Å². The fourth-order valence-corrected chi connectivity index (χ4v) is 2.95. The molecule has 3 rings (SSSR count). The van der Waals surface area contributed by atoms with Crippen LogP contribution in [-0.2, 0) is 9.59 Å². The normalized spacial score (nSPS) is 14.0. The highest BCUT2D eigenvalue weighted by Crippen LogP contribution is 2.11. The largest absolute Gasteiger partial charge is 0.465 e. The Morgan fingerprint density at radius 3 is 2.40 bits per heavy atom. The van der Waals surface area contributed by atoms with Crippen molar-refractivity contribution in [1.82, 2.24) is 15.1 Å². The molecular formula is C21H23FN4O4. The van der Waals surface area contributed by atoms with Crippen molar-refractivity contribution in [1.29, 1.82) is 0 Å². The van der Waals surface area contributed by atoms with Gasteiger partial charge in [-0.05, 0) is 42.5 Å². The van der Waals surface area contributed by atoms with Gasteiger partial charge in [-0.1, -0.05) is 0 Å². The molecule has 0 radical (unpaired) electrons. The molecule has 1 fully saturated rings. The molecule has 1 aliphatic rings. The second-order valence-electron chi connectivity index (χ2n) is 6.69. The molecule has 9 heteroatoms. The molecular weight excluding hydrogens is 391 g/mol. The topological polar surface area (TPSA) is 94.9 Å². The third-order valence-electron chi connectivity index (χ3n) is 4.60. The summed E-state index contributed by atoms with van der Waals surface area (Å²) in [5.41, 5.74) is 0.511. The van der Waals surface area contributed by atoms with Gasteiger partial charge in [0, 0.05) is 50.9 Å². The fourth-order valence-electron chi connectivity index (χ4n) is 2.95. The molecule has 2 N–H and O–H groups in total. The molecule has 0 bridgehead atoms. The summed E-state index contributed by atoms with van der Waals surface area (Å²) in [6.45, 7) is 1.86. The van der Waals surface area contributed by atoms with Gasteiger partial charge in [0.15, 0.2) is 0 Å². The molecule has 2 aromatic rings. The van der Waals surface area contributed by atoms with E-state index in [1.54, 1.807) is 28.0 Å². The van der Waals surface area contributed by atoms with Crippen molar-refractivity contribution in [3.8, 4) is 0 Å². The number of carbonyl (C=O) groups excluding carboxylic acids is 3. The predicted octanol–water partition coefficient (Wildman–Crippen LogP) is 2.31. The number of benzene rings is 1. The van der Waals surface area contributed by atoms with Crippen LogP contribution in [0, 0.1) is 5.82 Å². The fraction of sp³-hybridized carbons (Fsp3) is 0.286. The maximum Gasteiger partial charge on any atom is 0.321 e. The highest BCUT2D eigenvalue weighted by molar-refractivity contribution is 5.91. The molecule has 0 atom stereocenters. The first-order valence-corrected chi connectivity index (χ1v) is 9.60. The molecule has 1 aliphatic heterocycles. The van der Waals surface area contributed by atoms with E-state index in [4.69, 9.17) is 4.42 Å². The third-order valence-corrected chi connectivity index (χ3v) is 4.60. The van der Waals surface area contributed by atoms with Crippen molar-refractivity contribution in [2.75, 3.05) is 38.0 Å². The number of hydrogen-bond donors (Lipinski definition) is 2. The number of nitrogens with zero attached hydrogens (tertiary/aromatic N) is 2. The minimum atomic E-state index is -0.370. The number of furan rings is 1.